The van der Waals surface area contributed by atoms with Gasteiger partial charge in [-0.2, -0.15) is 0 Å². The van der Waals surface area contributed by atoms with Crippen LogP contribution in [0.1, 0.15) is 63.0 Å². The Morgan fingerprint density at radius 2 is 1.55 bits per heavy atom. The molecule has 2 aromatic carbocycles. The van der Waals surface area contributed by atoms with Gasteiger partial charge in [0.1, 0.15) is 18.4 Å². The number of piperidine rings is 3. The second kappa shape index (κ2) is 15.2. The molecule has 6 aliphatic heterocycles. The number of aromatic nitrogens is 4. The summed E-state index contributed by atoms with van der Waals surface area (Å²) in [4.78, 5) is 46.7. The van der Waals surface area contributed by atoms with E-state index in [4.69, 9.17) is 20.4 Å². The number of amides is 2. The number of hydrogen-bond acceptors (Lipinski definition) is 14. The normalized spacial score (nSPS) is 24.4. The third-order valence-corrected chi connectivity index (χ3v) is 13.4. The molecule has 5 fully saturated rings. The van der Waals surface area contributed by atoms with Gasteiger partial charge in [-0.15, -0.1) is 10.2 Å². The fourth-order valence-corrected chi connectivity index (χ4v) is 10.4. The monoisotopic (exact) mass is 785 g/mol. The topological polar surface area (TPSA) is 169 Å². The molecule has 0 aliphatic carbocycles. The molecule has 2 aromatic heterocycles. The maximum atomic E-state index is 12.8. The smallest absolute Gasteiger partial charge is 0.249 e. The Morgan fingerprint density at radius 3 is 2.33 bits per heavy atom. The summed E-state index contributed by atoms with van der Waals surface area (Å²) in [5.41, 5.74) is 11.7. The number of phenols is 1. The number of hydrogen-bond donors (Lipinski definition) is 3. The van der Waals surface area contributed by atoms with Crippen molar-refractivity contribution < 1.29 is 19.4 Å². The van der Waals surface area contributed by atoms with E-state index in [0.717, 1.165) is 112 Å². The molecule has 0 spiro atoms. The molecule has 10 rings (SSSR count). The number of piperazine rings is 1. The molecule has 15 heteroatoms. The highest BCUT2D eigenvalue weighted by atomic mass is 16.5. The number of imide groups is 1. The number of aromatic hydroxyl groups is 1. The van der Waals surface area contributed by atoms with Crippen molar-refractivity contribution in [2.45, 2.75) is 81.5 Å². The van der Waals surface area contributed by atoms with Gasteiger partial charge in [0.2, 0.25) is 17.8 Å². The number of ether oxygens (including phenoxy) is 1. The molecular formula is C43H51N11O4. The van der Waals surface area contributed by atoms with Gasteiger partial charge >= 0.3 is 0 Å². The molecule has 6 aliphatic rings. The zero-order valence-corrected chi connectivity index (χ0v) is 32.7. The minimum absolute atomic E-state index is 0.169. The highest BCUT2D eigenvalue weighted by Crippen LogP contribution is 2.44. The van der Waals surface area contributed by atoms with Gasteiger partial charge in [0.05, 0.1) is 29.3 Å². The SMILES string of the molecule is Nc1nnc(-c2ccccc2O)cc1N1C[C@H]2CC[C@@H](C1)N2c1nccc(C2CCN(C3CCN(c4cccc5c4OCCN5C4CCC(=O)NC4=O)CC3)CC2)n1. The van der Waals surface area contributed by atoms with E-state index in [2.05, 4.69) is 58.2 Å². The number of carbonyl (C=O) groups excluding carboxylic acids is 2. The van der Waals surface area contributed by atoms with Crippen LogP contribution in [0.25, 0.3) is 11.3 Å². The zero-order valence-electron chi connectivity index (χ0n) is 32.7. The van der Waals surface area contributed by atoms with Crippen LogP contribution in [0.4, 0.5) is 28.8 Å². The number of nitrogens with one attached hydrogen (secondary N) is 1. The first-order valence-corrected chi connectivity index (χ1v) is 21.0. The molecule has 58 heavy (non-hydrogen) atoms. The van der Waals surface area contributed by atoms with E-state index in [1.807, 2.05) is 30.5 Å². The van der Waals surface area contributed by atoms with Gasteiger partial charge in [0.25, 0.3) is 0 Å². The van der Waals surface area contributed by atoms with E-state index in [1.165, 1.54) is 0 Å². The molecule has 2 bridgehead atoms. The molecular weight excluding hydrogens is 735 g/mol. The highest BCUT2D eigenvalue weighted by molar-refractivity contribution is 6.02. The highest BCUT2D eigenvalue weighted by Gasteiger charge is 2.43. The third kappa shape index (κ3) is 6.78. The second-order valence-corrected chi connectivity index (χ2v) is 16.7. The standard InChI is InChI=1S/C43H51N11O4/c44-41-37(24-33(48-49-41)31-4-1-2-7-38(31)55)52-25-29-8-9-30(26-52)54(29)43-45-17-12-32(46-43)27-13-18-50(19-14-27)28-15-20-51(21-16-28)34-5-3-6-35-40(34)58-23-22-53(35)36-10-11-39(56)47-42(36)57/h1-7,12,17,24,27-30,36,55H,8-11,13-16,18-23,25-26H2,(H2,44,49)(H,47,56,57)/t29-,30+,36?. The van der Waals surface area contributed by atoms with Gasteiger partial charge in [0, 0.05) is 74.1 Å². The minimum Gasteiger partial charge on any atom is -0.507 e. The van der Waals surface area contributed by atoms with Crippen molar-refractivity contribution in [1.29, 1.82) is 0 Å². The number of nitrogen functional groups attached to an aromatic ring is 1. The first kappa shape index (κ1) is 36.6. The Morgan fingerprint density at radius 1 is 0.776 bits per heavy atom. The zero-order chi connectivity index (χ0) is 39.3. The summed E-state index contributed by atoms with van der Waals surface area (Å²) < 4.78 is 6.27. The lowest BCUT2D eigenvalue weighted by atomic mass is 9.91. The number of anilines is 5. The average Bonchev–Trinajstić information content (AvgIpc) is 3.52. The largest absolute Gasteiger partial charge is 0.507 e. The maximum absolute atomic E-state index is 12.8. The Bertz CT molecular complexity index is 2180. The Kier molecular flexibility index (Phi) is 9.62. The molecule has 5 saturated heterocycles. The van der Waals surface area contributed by atoms with Crippen molar-refractivity contribution in [3.05, 3.63) is 66.5 Å². The minimum atomic E-state index is -0.354. The van der Waals surface area contributed by atoms with Gasteiger partial charge in [-0.3, -0.25) is 14.9 Å². The molecule has 4 N–H and O–H groups in total. The molecule has 302 valence electrons. The number of benzene rings is 2. The molecule has 0 radical (unpaired) electrons. The van der Waals surface area contributed by atoms with Crippen LogP contribution >= 0.6 is 0 Å². The van der Waals surface area contributed by atoms with E-state index in [-0.39, 0.29) is 35.7 Å². The Labute approximate surface area is 338 Å². The van der Waals surface area contributed by atoms with Gasteiger partial charge < -0.3 is 40.1 Å². The summed E-state index contributed by atoms with van der Waals surface area (Å²) in [6.45, 7) is 6.76. The van der Waals surface area contributed by atoms with Crippen molar-refractivity contribution in [1.82, 2.24) is 30.4 Å². The Balaban J connectivity index is 0.753. The van der Waals surface area contributed by atoms with Crippen LogP contribution < -0.4 is 35.4 Å². The number of carbonyl (C=O) groups is 2. The van der Waals surface area contributed by atoms with Gasteiger partial charge in [-0.05, 0) is 94.4 Å². The molecule has 4 aromatic rings. The lowest BCUT2D eigenvalue weighted by Crippen LogP contribution is -2.54. The third-order valence-electron chi connectivity index (χ3n) is 13.4. The van der Waals surface area contributed by atoms with Crippen LogP contribution in [0.5, 0.6) is 11.5 Å². The fraction of sp³-hybridized carbons (Fsp3) is 0.488. The van der Waals surface area contributed by atoms with Crippen LogP contribution in [0, 0.1) is 0 Å². The fourth-order valence-electron chi connectivity index (χ4n) is 10.4. The predicted octanol–water partition coefficient (Wildman–Crippen LogP) is 3.93. The van der Waals surface area contributed by atoms with Crippen LogP contribution in [-0.4, -0.2) is 119 Å². The lowest BCUT2D eigenvalue weighted by molar-refractivity contribution is -0.134. The molecule has 1 unspecified atom stereocenters. The number of phenolic OH excluding ortho intramolecular Hbond substituents is 1. The second-order valence-electron chi connectivity index (χ2n) is 16.7. The van der Waals surface area contributed by atoms with Gasteiger partial charge in [-0.25, -0.2) is 9.97 Å². The summed E-state index contributed by atoms with van der Waals surface area (Å²) in [5.74, 6) is 2.26. The number of likely N-dealkylation sites (tertiary alicyclic amines) is 1. The number of nitrogens with zero attached hydrogens (tertiary/aromatic N) is 9. The van der Waals surface area contributed by atoms with Crippen LogP contribution in [-0.2, 0) is 9.59 Å². The van der Waals surface area contributed by atoms with Crippen LogP contribution in [0.2, 0.25) is 0 Å². The molecule has 15 nitrogen and oxygen atoms in total. The number of nitrogens with two attached hydrogens (primary N) is 1. The molecule has 2 amide bonds. The van der Waals surface area contributed by atoms with Crippen LogP contribution in [0.3, 0.4) is 0 Å². The molecule has 0 saturated carbocycles. The first-order chi connectivity index (χ1) is 28.4. The van der Waals surface area contributed by atoms with Crippen molar-refractivity contribution >= 4 is 40.6 Å². The molecule has 8 heterocycles. The van der Waals surface area contributed by atoms with Crippen molar-refractivity contribution in [3.8, 4) is 22.8 Å². The lowest BCUT2D eigenvalue weighted by Gasteiger charge is -2.44. The van der Waals surface area contributed by atoms with E-state index in [1.54, 1.807) is 12.1 Å². The Hall–Kier alpha value is -5.70. The summed E-state index contributed by atoms with van der Waals surface area (Å²) >= 11 is 0. The summed E-state index contributed by atoms with van der Waals surface area (Å²) in [7, 11) is 0. The van der Waals surface area contributed by atoms with E-state index < -0.39 is 0 Å². The quantitative estimate of drug-likeness (QED) is 0.231. The van der Waals surface area contributed by atoms with Crippen molar-refractivity contribution in [3.63, 3.8) is 0 Å². The summed E-state index contributed by atoms with van der Waals surface area (Å²) in [6, 6.07) is 18.2. The van der Waals surface area contributed by atoms with Crippen molar-refractivity contribution in [2.75, 3.05) is 77.8 Å². The number of para-hydroxylation sites is 2. The molecule has 3 atom stereocenters. The maximum Gasteiger partial charge on any atom is 0.249 e. The van der Waals surface area contributed by atoms with Gasteiger partial charge in [-0.1, -0.05) is 18.2 Å². The van der Waals surface area contributed by atoms with Crippen molar-refractivity contribution in [2.24, 2.45) is 0 Å². The summed E-state index contributed by atoms with van der Waals surface area (Å²) in [5, 5.41) is 21.5. The van der Waals surface area contributed by atoms with E-state index in [9.17, 15) is 14.7 Å². The summed E-state index contributed by atoms with van der Waals surface area (Å²) in [6.07, 6.45) is 9.33. The average molecular weight is 786 g/mol. The number of fused-ring (bicyclic) bond motifs is 3. The predicted molar refractivity (Wildman–Crippen MR) is 221 cm³/mol. The van der Waals surface area contributed by atoms with Crippen LogP contribution in [0.15, 0.2) is 60.8 Å². The van der Waals surface area contributed by atoms with E-state index >= 15 is 0 Å². The van der Waals surface area contributed by atoms with Gasteiger partial charge in [0.15, 0.2) is 11.6 Å². The van der Waals surface area contributed by atoms with E-state index in [0.29, 0.717) is 55.0 Å². The number of rotatable bonds is 7. The first-order valence-electron chi connectivity index (χ1n) is 21.0.